The molecule has 0 radical (unpaired) electrons. The van der Waals surface area contributed by atoms with Crippen molar-refractivity contribution in [2.75, 3.05) is 7.11 Å². The van der Waals surface area contributed by atoms with Gasteiger partial charge in [-0.25, -0.2) is 4.79 Å². The van der Waals surface area contributed by atoms with Crippen LogP contribution in [-0.4, -0.2) is 17.6 Å². The number of methoxy groups -OCH3 is 1. The second kappa shape index (κ2) is 5.68. The average molecular weight is 293 g/mol. The Morgan fingerprint density at radius 3 is 2.36 bits per heavy atom. The van der Waals surface area contributed by atoms with E-state index in [1.54, 1.807) is 0 Å². The van der Waals surface area contributed by atoms with Crippen molar-refractivity contribution < 1.29 is 9.53 Å². The summed E-state index contributed by atoms with van der Waals surface area (Å²) in [5, 5.41) is 0.939. The number of aromatic nitrogens is 1. The highest BCUT2D eigenvalue weighted by molar-refractivity contribution is 6.06. The fraction of sp³-hybridized carbons (Fsp3) is 0.211. The molecule has 0 aliphatic rings. The Morgan fingerprint density at radius 1 is 1.05 bits per heavy atom. The Labute approximate surface area is 130 Å². The number of benzene rings is 2. The first-order valence-corrected chi connectivity index (χ1v) is 7.38. The number of para-hydroxylation sites is 1. The highest BCUT2D eigenvalue weighted by atomic mass is 16.5. The van der Waals surface area contributed by atoms with E-state index in [2.05, 4.69) is 23.6 Å². The summed E-state index contributed by atoms with van der Waals surface area (Å²) in [5.41, 5.74) is 3.85. The SMILES string of the molecule is COC(=O)c1c(C)n([C@@H](C)c2ccccc2)c2ccccc12. The highest BCUT2D eigenvalue weighted by Crippen LogP contribution is 2.32. The van der Waals surface area contributed by atoms with Crippen molar-refractivity contribution in [3.8, 4) is 0 Å². The van der Waals surface area contributed by atoms with Crippen LogP contribution < -0.4 is 0 Å². The van der Waals surface area contributed by atoms with E-state index in [-0.39, 0.29) is 12.0 Å². The van der Waals surface area contributed by atoms with Gasteiger partial charge in [0.25, 0.3) is 0 Å². The Hall–Kier alpha value is -2.55. The standard InChI is InChI=1S/C19H19NO2/c1-13(15-9-5-4-6-10-15)20-14(2)18(19(21)22-3)16-11-7-8-12-17(16)20/h4-13H,1-3H3/t13-/m0/s1. The molecule has 1 aromatic heterocycles. The molecule has 22 heavy (non-hydrogen) atoms. The zero-order valence-corrected chi connectivity index (χ0v) is 13.0. The van der Waals surface area contributed by atoms with Gasteiger partial charge in [-0.3, -0.25) is 0 Å². The minimum atomic E-state index is -0.285. The second-order valence-corrected chi connectivity index (χ2v) is 5.43. The summed E-state index contributed by atoms with van der Waals surface area (Å²) in [6, 6.07) is 18.4. The van der Waals surface area contributed by atoms with Crippen molar-refractivity contribution in [3.05, 3.63) is 71.4 Å². The molecule has 0 saturated heterocycles. The molecule has 0 bridgehead atoms. The maximum atomic E-state index is 12.2. The molecule has 0 N–H and O–H groups in total. The molecule has 0 unspecified atom stereocenters. The minimum Gasteiger partial charge on any atom is -0.465 e. The van der Waals surface area contributed by atoms with Crippen LogP contribution >= 0.6 is 0 Å². The Bertz CT molecular complexity index is 818. The maximum absolute atomic E-state index is 12.2. The summed E-state index contributed by atoms with van der Waals surface area (Å²) in [7, 11) is 1.43. The van der Waals surface area contributed by atoms with E-state index in [0.717, 1.165) is 16.6 Å². The van der Waals surface area contributed by atoms with Crippen LogP contribution in [0.25, 0.3) is 10.9 Å². The van der Waals surface area contributed by atoms with Crippen LogP contribution in [0.5, 0.6) is 0 Å². The van der Waals surface area contributed by atoms with E-state index >= 15 is 0 Å². The van der Waals surface area contributed by atoms with Gasteiger partial charge in [0.2, 0.25) is 0 Å². The number of carbonyl (C=O) groups is 1. The van der Waals surface area contributed by atoms with E-state index in [1.165, 1.54) is 12.7 Å². The fourth-order valence-electron chi connectivity index (χ4n) is 3.13. The summed E-state index contributed by atoms with van der Waals surface area (Å²) >= 11 is 0. The molecule has 3 rings (SSSR count). The van der Waals surface area contributed by atoms with Gasteiger partial charge in [0.1, 0.15) is 0 Å². The van der Waals surface area contributed by atoms with Crippen molar-refractivity contribution in [3.63, 3.8) is 0 Å². The normalized spacial score (nSPS) is 12.3. The number of nitrogens with zero attached hydrogens (tertiary/aromatic N) is 1. The molecule has 112 valence electrons. The summed E-state index contributed by atoms with van der Waals surface area (Å²) < 4.78 is 7.18. The summed E-state index contributed by atoms with van der Waals surface area (Å²) in [5.74, 6) is -0.285. The first-order valence-electron chi connectivity index (χ1n) is 7.38. The molecule has 0 amide bonds. The van der Waals surface area contributed by atoms with Gasteiger partial charge < -0.3 is 9.30 Å². The molecule has 3 aromatic rings. The average Bonchev–Trinajstić information content (AvgIpc) is 2.86. The van der Waals surface area contributed by atoms with Gasteiger partial charge in [-0.2, -0.15) is 0 Å². The monoisotopic (exact) mass is 293 g/mol. The van der Waals surface area contributed by atoms with Crippen LogP contribution in [0.1, 0.15) is 34.6 Å². The number of ether oxygens (including phenoxy) is 1. The van der Waals surface area contributed by atoms with Crippen molar-refractivity contribution in [2.24, 2.45) is 0 Å². The van der Waals surface area contributed by atoms with E-state index in [9.17, 15) is 4.79 Å². The number of hydrogen-bond acceptors (Lipinski definition) is 2. The number of hydrogen-bond donors (Lipinski definition) is 0. The molecule has 0 aliphatic carbocycles. The summed E-state index contributed by atoms with van der Waals surface area (Å²) in [6.45, 7) is 4.13. The Balaban J connectivity index is 2.26. The van der Waals surface area contributed by atoms with Crippen LogP contribution in [0, 0.1) is 6.92 Å². The van der Waals surface area contributed by atoms with Crippen LogP contribution in [0.4, 0.5) is 0 Å². The summed E-state index contributed by atoms with van der Waals surface area (Å²) in [4.78, 5) is 12.2. The lowest BCUT2D eigenvalue weighted by atomic mass is 10.1. The van der Waals surface area contributed by atoms with E-state index in [1.807, 2.05) is 49.4 Å². The smallest absolute Gasteiger partial charge is 0.340 e. The molecule has 2 aromatic carbocycles. The van der Waals surface area contributed by atoms with Crippen molar-refractivity contribution in [1.82, 2.24) is 4.57 Å². The number of esters is 1. The second-order valence-electron chi connectivity index (χ2n) is 5.43. The quantitative estimate of drug-likeness (QED) is 0.672. The van der Waals surface area contributed by atoms with Crippen molar-refractivity contribution in [1.29, 1.82) is 0 Å². The first kappa shape index (κ1) is 14.4. The molecule has 1 atom stereocenters. The Morgan fingerprint density at radius 2 is 1.68 bits per heavy atom. The van der Waals surface area contributed by atoms with E-state index in [0.29, 0.717) is 5.56 Å². The number of rotatable bonds is 3. The Kier molecular flexibility index (Phi) is 3.72. The molecule has 0 fully saturated rings. The minimum absolute atomic E-state index is 0.143. The lowest BCUT2D eigenvalue weighted by Gasteiger charge is -2.18. The third-order valence-corrected chi connectivity index (χ3v) is 4.21. The molecular formula is C19H19NO2. The predicted molar refractivity (Wildman–Crippen MR) is 88.3 cm³/mol. The lowest BCUT2D eigenvalue weighted by molar-refractivity contribution is 0.0602. The van der Waals surface area contributed by atoms with Crippen LogP contribution in [0.2, 0.25) is 0 Å². The van der Waals surface area contributed by atoms with Crippen molar-refractivity contribution in [2.45, 2.75) is 19.9 Å². The third kappa shape index (κ3) is 2.19. The molecular weight excluding hydrogens is 274 g/mol. The van der Waals surface area contributed by atoms with E-state index in [4.69, 9.17) is 4.74 Å². The highest BCUT2D eigenvalue weighted by Gasteiger charge is 2.23. The molecule has 0 aliphatic heterocycles. The number of fused-ring (bicyclic) bond motifs is 1. The largest absolute Gasteiger partial charge is 0.465 e. The van der Waals surface area contributed by atoms with Crippen LogP contribution in [0.3, 0.4) is 0 Å². The first-order chi connectivity index (χ1) is 10.6. The molecule has 3 heteroatoms. The molecule has 3 nitrogen and oxygen atoms in total. The summed E-state index contributed by atoms with van der Waals surface area (Å²) in [6.07, 6.45) is 0. The fourth-order valence-corrected chi connectivity index (χ4v) is 3.13. The third-order valence-electron chi connectivity index (χ3n) is 4.21. The van der Waals surface area contributed by atoms with Gasteiger partial charge >= 0.3 is 5.97 Å². The van der Waals surface area contributed by atoms with Gasteiger partial charge in [-0.15, -0.1) is 0 Å². The van der Waals surface area contributed by atoms with Crippen LogP contribution in [0.15, 0.2) is 54.6 Å². The molecule has 1 heterocycles. The maximum Gasteiger partial charge on any atom is 0.340 e. The number of carbonyl (C=O) groups excluding carboxylic acids is 1. The lowest BCUT2D eigenvalue weighted by Crippen LogP contribution is -2.10. The zero-order valence-electron chi connectivity index (χ0n) is 13.0. The van der Waals surface area contributed by atoms with Gasteiger partial charge in [0.05, 0.1) is 18.7 Å². The van der Waals surface area contributed by atoms with Gasteiger partial charge in [0.15, 0.2) is 0 Å². The zero-order chi connectivity index (χ0) is 15.7. The van der Waals surface area contributed by atoms with Gasteiger partial charge in [0, 0.05) is 16.6 Å². The molecule has 0 saturated carbocycles. The van der Waals surface area contributed by atoms with E-state index < -0.39 is 0 Å². The predicted octanol–water partition coefficient (Wildman–Crippen LogP) is 4.35. The van der Waals surface area contributed by atoms with Gasteiger partial charge in [-0.1, -0.05) is 48.5 Å². The van der Waals surface area contributed by atoms with Crippen LogP contribution in [-0.2, 0) is 4.74 Å². The van der Waals surface area contributed by atoms with Crippen molar-refractivity contribution >= 4 is 16.9 Å². The molecule has 0 spiro atoms. The topological polar surface area (TPSA) is 31.2 Å². The van der Waals surface area contributed by atoms with Gasteiger partial charge in [-0.05, 0) is 25.5 Å².